The van der Waals surface area contributed by atoms with Gasteiger partial charge in [0.15, 0.2) is 0 Å². The van der Waals surface area contributed by atoms with E-state index in [0.717, 1.165) is 31.0 Å². The average Bonchev–Trinajstić information content (AvgIpc) is 2.45. The molecule has 1 saturated heterocycles. The Hall–Kier alpha value is -1.33. The largest absolute Gasteiger partial charge is 0.469 e. The van der Waals surface area contributed by atoms with Gasteiger partial charge in [0.1, 0.15) is 5.82 Å². The zero-order valence-electron chi connectivity index (χ0n) is 13.0. The van der Waals surface area contributed by atoms with Crippen LogP contribution in [0.1, 0.15) is 32.3 Å². The number of anilines is 1. The van der Waals surface area contributed by atoms with Gasteiger partial charge in [-0.3, -0.25) is 4.79 Å². The van der Waals surface area contributed by atoms with Crippen LogP contribution in [0.25, 0.3) is 0 Å². The van der Waals surface area contributed by atoms with Crippen LogP contribution >= 0.6 is 12.4 Å². The van der Waals surface area contributed by atoms with Gasteiger partial charge < -0.3 is 15.0 Å². The first-order valence-corrected chi connectivity index (χ1v) is 6.97. The zero-order valence-corrected chi connectivity index (χ0v) is 13.9. The number of piperazine rings is 1. The first kappa shape index (κ1) is 17.7. The average molecular weight is 314 g/mol. The van der Waals surface area contributed by atoms with Crippen molar-refractivity contribution in [1.82, 2.24) is 10.3 Å². The SMILES string of the molecule is COC(=O)C(C)c1ccc(N2CCNC(C)(C)C2)nc1.Cl. The molecule has 0 amide bonds. The second-order valence-electron chi connectivity index (χ2n) is 5.93. The second-order valence-corrected chi connectivity index (χ2v) is 5.93. The highest BCUT2D eigenvalue weighted by Crippen LogP contribution is 2.21. The summed E-state index contributed by atoms with van der Waals surface area (Å²) >= 11 is 0. The summed E-state index contributed by atoms with van der Waals surface area (Å²) in [6.45, 7) is 9.03. The van der Waals surface area contributed by atoms with Crippen LogP contribution in [0.4, 0.5) is 5.82 Å². The van der Waals surface area contributed by atoms with Crippen molar-refractivity contribution in [3.8, 4) is 0 Å². The van der Waals surface area contributed by atoms with Crippen molar-refractivity contribution in [1.29, 1.82) is 0 Å². The fourth-order valence-corrected chi connectivity index (χ4v) is 2.49. The fraction of sp³-hybridized carbons (Fsp3) is 0.600. The number of nitrogens with one attached hydrogen (secondary N) is 1. The number of hydrogen-bond donors (Lipinski definition) is 1. The third kappa shape index (κ3) is 4.32. The Morgan fingerprint density at radius 1 is 1.48 bits per heavy atom. The van der Waals surface area contributed by atoms with Crippen molar-refractivity contribution in [3.05, 3.63) is 23.9 Å². The van der Waals surface area contributed by atoms with Crippen LogP contribution in [0.3, 0.4) is 0 Å². The van der Waals surface area contributed by atoms with E-state index in [9.17, 15) is 4.79 Å². The van der Waals surface area contributed by atoms with Gasteiger partial charge in [-0.2, -0.15) is 0 Å². The maximum Gasteiger partial charge on any atom is 0.312 e. The number of halogens is 1. The number of carbonyl (C=O) groups excluding carboxylic acids is 1. The van der Waals surface area contributed by atoms with E-state index in [0.29, 0.717) is 0 Å². The fourth-order valence-electron chi connectivity index (χ4n) is 2.49. The lowest BCUT2D eigenvalue weighted by molar-refractivity contribution is -0.142. The Morgan fingerprint density at radius 2 is 2.19 bits per heavy atom. The lowest BCUT2D eigenvalue weighted by atomic mass is 10.0. The van der Waals surface area contributed by atoms with E-state index < -0.39 is 0 Å². The van der Waals surface area contributed by atoms with Gasteiger partial charge in [0.05, 0.1) is 13.0 Å². The second kappa shape index (κ2) is 7.09. The molecule has 1 aliphatic rings. The van der Waals surface area contributed by atoms with E-state index >= 15 is 0 Å². The number of carbonyl (C=O) groups is 1. The van der Waals surface area contributed by atoms with E-state index in [4.69, 9.17) is 4.74 Å². The summed E-state index contributed by atoms with van der Waals surface area (Å²) in [5, 5.41) is 3.48. The zero-order chi connectivity index (χ0) is 14.8. The molecule has 0 bridgehead atoms. The normalized spacial score (nSPS) is 18.6. The Morgan fingerprint density at radius 3 is 2.71 bits per heavy atom. The Bertz CT molecular complexity index is 476. The summed E-state index contributed by atoms with van der Waals surface area (Å²) in [4.78, 5) is 18.3. The molecule has 1 aromatic rings. The van der Waals surface area contributed by atoms with Crippen LogP contribution < -0.4 is 10.2 Å². The molecule has 2 rings (SSSR count). The number of pyridine rings is 1. The quantitative estimate of drug-likeness (QED) is 0.865. The minimum atomic E-state index is -0.277. The van der Waals surface area contributed by atoms with Gasteiger partial charge in [-0.25, -0.2) is 4.98 Å². The topological polar surface area (TPSA) is 54.5 Å². The highest BCUT2D eigenvalue weighted by molar-refractivity contribution is 5.85. The maximum atomic E-state index is 11.5. The van der Waals surface area contributed by atoms with Crippen molar-refractivity contribution in [2.24, 2.45) is 0 Å². The lowest BCUT2D eigenvalue weighted by Crippen LogP contribution is -2.57. The summed E-state index contributed by atoms with van der Waals surface area (Å²) in [5.74, 6) is 0.448. The lowest BCUT2D eigenvalue weighted by Gasteiger charge is -2.39. The predicted octanol–water partition coefficient (Wildman–Crippen LogP) is 1.97. The molecule has 1 N–H and O–H groups in total. The van der Waals surface area contributed by atoms with Crippen molar-refractivity contribution in [3.63, 3.8) is 0 Å². The Balaban J connectivity index is 0.00000220. The maximum absolute atomic E-state index is 11.5. The van der Waals surface area contributed by atoms with E-state index in [2.05, 4.69) is 29.0 Å². The third-order valence-corrected chi connectivity index (χ3v) is 3.72. The van der Waals surface area contributed by atoms with E-state index in [1.54, 1.807) is 6.20 Å². The molecule has 0 saturated carbocycles. The molecule has 5 nitrogen and oxygen atoms in total. The van der Waals surface area contributed by atoms with Crippen molar-refractivity contribution >= 4 is 24.2 Å². The highest BCUT2D eigenvalue weighted by Gasteiger charge is 2.26. The minimum absolute atomic E-state index is 0. The van der Waals surface area contributed by atoms with E-state index in [1.165, 1.54) is 7.11 Å². The molecular weight excluding hydrogens is 290 g/mol. The number of hydrogen-bond acceptors (Lipinski definition) is 5. The smallest absolute Gasteiger partial charge is 0.312 e. The number of methoxy groups -OCH3 is 1. The summed E-state index contributed by atoms with van der Waals surface area (Å²) in [6, 6.07) is 3.94. The molecule has 0 radical (unpaired) electrons. The van der Waals surface area contributed by atoms with Crippen LogP contribution in [-0.4, -0.2) is 43.2 Å². The van der Waals surface area contributed by atoms with Crippen molar-refractivity contribution in [2.45, 2.75) is 32.2 Å². The third-order valence-electron chi connectivity index (χ3n) is 3.72. The molecule has 1 aromatic heterocycles. The molecule has 0 spiro atoms. The van der Waals surface area contributed by atoms with E-state index in [1.807, 2.05) is 19.1 Å². The van der Waals surface area contributed by atoms with Gasteiger partial charge >= 0.3 is 5.97 Å². The first-order chi connectivity index (χ1) is 9.43. The molecule has 1 atom stereocenters. The van der Waals surface area contributed by atoms with Crippen LogP contribution in [-0.2, 0) is 9.53 Å². The van der Waals surface area contributed by atoms with Gasteiger partial charge in [0, 0.05) is 31.4 Å². The molecule has 0 aliphatic carbocycles. The van der Waals surface area contributed by atoms with Crippen LogP contribution in [0.5, 0.6) is 0 Å². The number of esters is 1. The molecule has 118 valence electrons. The number of ether oxygens (including phenoxy) is 1. The highest BCUT2D eigenvalue weighted by atomic mass is 35.5. The summed E-state index contributed by atoms with van der Waals surface area (Å²) in [6.07, 6.45) is 1.77. The number of aromatic nitrogens is 1. The predicted molar refractivity (Wildman–Crippen MR) is 86.2 cm³/mol. The first-order valence-electron chi connectivity index (χ1n) is 6.97. The molecule has 1 unspecified atom stereocenters. The molecule has 1 aliphatic heterocycles. The molecule has 2 heterocycles. The molecule has 21 heavy (non-hydrogen) atoms. The number of nitrogens with zero attached hydrogens (tertiary/aromatic N) is 2. The molecular formula is C15H24ClN3O2. The molecule has 6 heteroatoms. The van der Waals surface area contributed by atoms with Gasteiger partial charge in [-0.15, -0.1) is 12.4 Å². The van der Waals surface area contributed by atoms with Crippen molar-refractivity contribution in [2.75, 3.05) is 31.6 Å². The molecule has 1 fully saturated rings. The van der Waals surface area contributed by atoms with Crippen LogP contribution in [0.2, 0.25) is 0 Å². The van der Waals surface area contributed by atoms with Crippen molar-refractivity contribution < 1.29 is 9.53 Å². The van der Waals surface area contributed by atoms with Gasteiger partial charge in [0.2, 0.25) is 0 Å². The van der Waals surface area contributed by atoms with Gasteiger partial charge in [-0.05, 0) is 32.4 Å². The number of rotatable bonds is 3. The van der Waals surface area contributed by atoms with Gasteiger partial charge in [0.25, 0.3) is 0 Å². The molecule has 0 aromatic carbocycles. The summed E-state index contributed by atoms with van der Waals surface area (Å²) in [7, 11) is 1.41. The Kier molecular flexibility index (Phi) is 5.98. The Labute approximate surface area is 132 Å². The van der Waals surface area contributed by atoms with E-state index in [-0.39, 0.29) is 29.8 Å². The monoisotopic (exact) mass is 313 g/mol. The van der Waals surface area contributed by atoms with Crippen LogP contribution in [0, 0.1) is 0 Å². The van der Waals surface area contributed by atoms with Gasteiger partial charge in [-0.1, -0.05) is 6.07 Å². The summed E-state index contributed by atoms with van der Waals surface area (Å²) in [5.41, 5.74) is 0.979. The standard InChI is InChI=1S/C15H23N3O2.ClH/c1-11(14(19)20-4)12-5-6-13(16-9-12)18-8-7-17-15(2,3)10-18;/h5-6,9,11,17H,7-8,10H2,1-4H3;1H. The minimum Gasteiger partial charge on any atom is -0.469 e. The summed E-state index contributed by atoms with van der Waals surface area (Å²) < 4.78 is 4.75. The van der Waals surface area contributed by atoms with Crippen LogP contribution in [0.15, 0.2) is 18.3 Å².